The first kappa shape index (κ1) is 18.7. The molecule has 0 saturated carbocycles. The third-order valence-corrected chi connectivity index (χ3v) is 3.90. The Morgan fingerprint density at radius 1 is 1.12 bits per heavy atom. The van der Waals surface area contributed by atoms with Gasteiger partial charge in [-0.1, -0.05) is 39.0 Å². The first-order chi connectivity index (χ1) is 11.6. The average molecular weight is 344 g/mol. The van der Waals surface area contributed by atoms with Gasteiger partial charge >= 0.3 is 5.97 Å². The first-order valence-electron chi connectivity index (χ1n) is 8.23. The molecule has 2 atom stereocenters. The second-order valence-electron chi connectivity index (χ2n) is 7.14. The van der Waals surface area contributed by atoms with E-state index in [4.69, 9.17) is 4.74 Å². The fourth-order valence-corrected chi connectivity index (χ4v) is 2.30. The molecule has 25 heavy (non-hydrogen) atoms. The van der Waals surface area contributed by atoms with Crippen LogP contribution in [-0.2, 0) is 14.3 Å². The molecule has 1 aromatic heterocycles. The lowest BCUT2D eigenvalue weighted by atomic mass is 9.95. The number of hydrogen-bond donors (Lipinski definition) is 2. The molecule has 6 nitrogen and oxygen atoms in total. The molecule has 6 heteroatoms. The number of hydrogen-bond acceptors (Lipinski definition) is 4. The van der Waals surface area contributed by atoms with E-state index in [2.05, 4.69) is 10.3 Å². The second kappa shape index (κ2) is 7.09. The molecular formula is C19H24N2O4. The van der Waals surface area contributed by atoms with Gasteiger partial charge in [0.2, 0.25) is 11.7 Å². The van der Waals surface area contributed by atoms with Crippen LogP contribution in [0, 0.1) is 5.41 Å². The molecule has 134 valence electrons. The number of Topliss-reactive ketones (excluding diaryl/α,β-unsaturated/α-hetero) is 1. The van der Waals surface area contributed by atoms with E-state index in [9.17, 15) is 14.4 Å². The van der Waals surface area contributed by atoms with Crippen LogP contribution in [0.25, 0.3) is 10.9 Å². The van der Waals surface area contributed by atoms with Gasteiger partial charge in [0.1, 0.15) is 6.04 Å². The molecule has 2 aromatic rings. The van der Waals surface area contributed by atoms with E-state index in [-0.39, 0.29) is 11.7 Å². The van der Waals surface area contributed by atoms with Gasteiger partial charge < -0.3 is 15.0 Å². The maximum absolute atomic E-state index is 12.6. The summed E-state index contributed by atoms with van der Waals surface area (Å²) in [6, 6.07) is 6.58. The van der Waals surface area contributed by atoms with Gasteiger partial charge in [-0.25, -0.2) is 4.79 Å². The van der Waals surface area contributed by atoms with Crippen LogP contribution >= 0.6 is 0 Å². The number of aromatic amines is 1. The molecule has 1 heterocycles. The van der Waals surface area contributed by atoms with E-state index in [1.165, 1.54) is 13.8 Å². The van der Waals surface area contributed by atoms with Gasteiger partial charge in [-0.2, -0.15) is 0 Å². The number of rotatable bonds is 5. The van der Waals surface area contributed by atoms with Crippen LogP contribution in [0.1, 0.15) is 45.0 Å². The lowest BCUT2D eigenvalue weighted by Crippen LogP contribution is -2.45. The summed E-state index contributed by atoms with van der Waals surface area (Å²) < 4.78 is 5.24. The minimum absolute atomic E-state index is 0.257. The Morgan fingerprint density at radius 2 is 1.76 bits per heavy atom. The summed E-state index contributed by atoms with van der Waals surface area (Å²) in [5.41, 5.74) is 0.706. The molecule has 0 radical (unpaired) electrons. The number of carbonyl (C=O) groups is 3. The smallest absolute Gasteiger partial charge is 0.329 e. The summed E-state index contributed by atoms with van der Waals surface area (Å²) in [7, 11) is 0. The Hall–Kier alpha value is -2.63. The highest BCUT2D eigenvalue weighted by molar-refractivity contribution is 6.10. The molecule has 0 bridgehead atoms. The van der Waals surface area contributed by atoms with Crippen molar-refractivity contribution < 1.29 is 19.1 Å². The van der Waals surface area contributed by atoms with Gasteiger partial charge in [-0.3, -0.25) is 9.59 Å². The molecular weight excluding hydrogens is 320 g/mol. The standard InChI is InChI=1S/C19H24N2O4/c1-11(21-18(24)19(3,4)5)17(23)25-12(2)16(22)14-10-20-15-9-7-6-8-13(14)15/h6-12,20H,1-5H3,(H,21,24)/t11-,12+/m1/s1. The fraction of sp³-hybridized carbons (Fsp3) is 0.421. The van der Waals surface area contributed by atoms with Gasteiger partial charge in [0, 0.05) is 28.1 Å². The normalized spacial score (nSPS) is 14.0. The van der Waals surface area contributed by atoms with Crippen LogP contribution in [0.4, 0.5) is 0 Å². The molecule has 0 aliphatic heterocycles. The molecule has 0 unspecified atom stereocenters. The summed E-state index contributed by atoms with van der Waals surface area (Å²) >= 11 is 0. The Labute approximate surface area is 146 Å². The van der Waals surface area contributed by atoms with Crippen molar-refractivity contribution in [3.63, 3.8) is 0 Å². The van der Waals surface area contributed by atoms with Crippen molar-refractivity contribution in [2.24, 2.45) is 5.41 Å². The number of H-pyrrole nitrogens is 1. The monoisotopic (exact) mass is 344 g/mol. The predicted molar refractivity (Wildman–Crippen MR) is 95.2 cm³/mol. The molecule has 0 fully saturated rings. The van der Waals surface area contributed by atoms with Crippen molar-refractivity contribution in [3.05, 3.63) is 36.0 Å². The molecule has 2 rings (SSSR count). The number of carbonyl (C=O) groups excluding carboxylic acids is 3. The van der Waals surface area contributed by atoms with Crippen LogP contribution < -0.4 is 5.32 Å². The zero-order chi connectivity index (χ0) is 18.8. The third kappa shape index (κ3) is 4.26. The summed E-state index contributed by atoms with van der Waals surface area (Å²) in [5.74, 6) is -1.19. The van der Waals surface area contributed by atoms with Gasteiger partial charge in [-0.15, -0.1) is 0 Å². The zero-order valence-corrected chi connectivity index (χ0v) is 15.2. The lowest BCUT2D eigenvalue weighted by molar-refractivity contribution is -0.150. The quantitative estimate of drug-likeness (QED) is 0.645. The van der Waals surface area contributed by atoms with Crippen LogP contribution in [0.3, 0.4) is 0 Å². The molecule has 0 spiro atoms. The van der Waals surface area contributed by atoms with Gasteiger partial charge in [0.15, 0.2) is 6.10 Å². The second-order valence-corrected chi connectivity index (χ2v) is 7.14. The number of aromatic nitrogens is 1. The van der Waals surface area contributed by atoms with E-state index >= 15 is 0 Å². The Kier molecular flexibility index (Phi) is 5.30. The summed E-state index contributed by atoms with van der Waals surface area (Å²) in [5, 5.41) is 3.38. The van der Waals surface area contributed by atoms with Crippen LogP contribution in [0.15, 0.2) is 30.5 Å². The van der Waals surface area contributed by atoms with E-state index in [1.807, 2.05) is 24.3 Å². The lowest BCUT2D eigenvalue weighted by Gasteiger charge is -2.22. The topological polar surface area (TPSA) is 88.3 Å². The van der Waals surface area contributed by atoms with Crippen molar-refractivity contribution in [2.75, 3.05) is 0 Å². The van der Waals surface area contributed by atoms with E-state index < -0.39 is 23.5 Å². The molecule has 1 amide bonds. The van der Waals surface area contributed by atoms with Crippen molar-refractivity contribution in [1.29, 1.82) is 0 Å². The molecule has 0 saturated heterocycles. The highest BCUT2D eigenvalue weighted by atomic mass is 16.5. The Bertz CT molecular complexity index is 801. The van der Waals surface area contributed by atoms with Crippen molar-refractivity contribution >= 4 is 28.6 Å². The van der Waals surface area contributed by atoms with Crippen molar-refractivity contribution in [1.82, 2.24) is 10.3 Å². The first-order valence-corrected chi connectivity index (χ1v) is 8.23. The average Bonchev–Trinajstić information content (AvgIpc) is 2.96. The largest absolute Gasteiger partial charge is 0.453 e. The highest BCUT2D eigenvalue weighted by Gasteiger charge is 2.28. The number of ketones is 1. The molecule has 2 N–H and O–H groups in total. The maximum atomic E-state index is 12.6. The summed E-state index contributed by atoms with van der Waals surface area (Å²) in [6.07, 6.45) is 0.669. The third-order valence-electron chi connectivity index (χ3n) is 3.90. The molecule has 0 aliphatic carbocycles. The van der Waals surface area contributed by atoms with Crippen molar-refractivity contribution in [2.45, 2.75) is 46.8 Å². The van der Waals surface area contributed by atoms with Crippen molar-refractivity contribution in [3.8, 4) is 0 Å². The van der Waals surface area contributed by atoms with Gasteiger partial charge in [0.25, 0.3) is 0 Å². The van der Waals surface area contributed by atoms with E-state index in [0.29, 0.717) is 5.56 Å². The van der Waals surface area contributed by atoms with Gasteiger partial charge in [-0.05, 0) is 19.9 Å². The minimum atomic E-state index is -0.944. The fourth-order valence-electron chi connectivity index (χ4n) is 2.30. The number of nitrogens with one attached hydrogen (secondary N) is 2. The van der Waals surface area contributed by atoms with Crippen LogP contribution in [0.5, 0.6) is 0 Å². The van der Waals surface area contributed by atoms with E-state index in [0.717, 1.165) is 10.9 Å². The summed E-state index contributed by atoms with van der Waals surface area (Å²) in [4.78, 5) is 39.7. The maximum Gasteiger partial charge on any atom is 0.329 e. The zero-order valence-electron chi connectivity index (χ0n) is 15.2. The minimum Gasteiger partial charge on any atom is -0.453 e. The molecule has 1 aromatic carbocycles. The number of amides is 1. The van der Waals surface area contributed by atoms with Gasteiger partial charge in [0.05, 0.1) is 0 Å². The highest BCUT2D eigenvalue weighted by Crippen LogP contribution is 2.20. The van der Waals surface area contributed by atoms with E-state index in [1.54, 1.807) is 27.0 Å². The molecule has 0 aliphatic rings. The summed E-state index contributed by atoms with van der Waals surface area (Å²) in [6.45, 7) is 8.33. The Balaban J connectivity index is 2.03. The number of fused-ring (bicyclic) bond motifs is 1. The number of ether oxygens (including phenoxy) is 1. The van der Waals surface area contributed by atoms with Crippen LogP contribution in [-0.4, -0.2) is 34.8 Å². The number of para-hydroxylation sites is 1. The number of esters is 1. The predicted octanol–water partition coefficient (Wildman–Crippen LogP) is 2.83. The van der Waals surface area contributed by atoms with Crippen LogP contribution in [0.2, 0.25) is 0 Å². The Morgan fingerprint density at radius 3 is 2.40 bits per heavy atom. The SMILES string of the molecule is C[C@H](OC(=O)[C@@H](C)NC(=O)C(C)(C)C)C(=O)c1c[nH]c2ccccc12. The number of benzene rings is 1.